The standard InChI is InChI=1S/C17H23N3O/c1-13-8-4-3-7-11-20(13)14(2)17(21)19-16-10-6-5-9-15(16)12-18/h5-6,9-10,13-14H,3-4,7-8,11H2,1-2H3,(H,19,21). The summed E-state index contributed by atoms with van der Waals surface area (Å²) in [5.74, 6) is -0.0357. The normalized spacial score (nSPS) is 21.1. The van der Waals surface area contributed by atoms with Gasteiger partial charge in [-0.05, 0) is 45.4 Å². The van der Waals surface area contributed by atoms with Crippen LogP contribution in [0.1, 0.15) is 45.1 Å². The predicted octanol–water partition coefficient (Wildman–Crippen LogP) is 3.15. The van der Waals surface area contributed by atoms with E-state index in [1.807, 2.05) is 13.0 Å². The van der Waals surface area contributed by atoms with E-state index in [1.54, 1.807) is 18.2 Å². The van der Waals surface area contributed by atoms with Crippen molar-refractivity contribution in [2.45, 2.75) is 51.6 Å². The number of hydrogen-bond donors (Lipinski definition) is 1. The van der Waals surface area contributed by atoms with Crippen LogP contribution in [0, 0.1) is 11.3 Å². The van der Waals surface area contributed by atoms with E-state index in [0.717, 1.165) is 19.4 Å². The number of amides is 1. The van der Waals surface area contributed by atoms with Gasteiger partial charge in [0.05, 0.1) is 17.3 Å². The Morgan fingerprint density at radius 3 is 2.90 bits per heavy atom. The summed E-state index contributed by atoms with van der Waals surface area (Å²) in [7, 11) is 0. The molecule has 4 nitrogen and oxygen atoms in total. The molecular formula is C17H23N3O. The van der Waals surface area contributed by atoms with Crippen molar-refractivity contribution in [3.63, 3.8) is 0 Å². The molecule has 0 aliphatic carbocycles. The molecule has 1 N–H and O–H groups in total. The highest BCUT2D eigenvalue weighted by Gasteiger charge is 2.26. The van der Waals surface area contributed by atoms with Crippen molar-refractivity contribution >= 4 is 11.6 Å². The summed E-state index contributed by atoms with van der Waals surface area (Å²) in [6, 6.07) is 9.48. The van der Waals surface area contributed by atoms with Gasteiger partial charge in [0, 0.05) is 6.04 Å². The molecule has 21 heavy (non-hydrogen) atoms. The second kappa shape index (κ2) is 7.24. The molecule has 1 heterocycles. The first kappa shape index (κ1) is 15.5. The van der Waals surface area contributed by atoms with Crippen LogP contribution in [0.15, 0.2) is 24.3 Å². The van der Waals surface area contributed by atoms with Crippen LogP contribution in [-0.2, 0) is 4.79 Å². The Hall–Kier alpha value is -1.86. The first-order chi connectivity index (χ1) is 10.1. The van der Waals surface area contributed by atoms with Gasteiger partial charge in [-0.25, -0.2) is 0 Å². The molecule has 0 radical (unpaired) electrons. The van der Waals surface area contributed by atoms with Crippen LogP contribution < -0.4 is 5.32 Å². The maximum Gasteiger partial charge on any atom is 0.241 e. The molecule has 1 saturated heterocycles. The summed E-state index contributed by atoms with van der Waals surface area (Å²) in [6.45, 7) is 5.11. The van der Waals surface area contributed by atoms with Crippen molar-refractivity contribution in [2.75, 3.05) is 11.9 Å². The van der Waals surface area contributed by atoms with Crippen LogP contribution >= 0.6 is 0 Å². The van der Waals surface area contributed by atoms with Crippen LogP contribution in [0.2, 0.25) is 0 Å². The number of rotatable bonds is 3. The average Bonchev–Trinajstić information content (AvgIpc) is 2.71. The molecule has 0 bridgehead atoms. The molecule has 1 aromatic carbocycles. The Balaban J connectivity index is 2.07. The molecular weight excluding hydrogens is 262 g/mol. The molecule has 1 fully saturated rings. The number of anilines is 1. The van der Waals surface area contributed by atoms with Gasteiger partial charge in [-0.15, -0.1) is 0 Å². The van der Waals surface area contributed by atoms with Crippen molar-refractivity contribution in [3.8, 4) is 6.07 Å². The van der Waals surface area contributed by atoms with E-state index in [2.05, 4.69) is 23.2 Å². The van der Waals surface area contributed by atoms with Crippen molar-refractivity contribution in [1.82, 2.24) is 4.90 Å². The topological polar surface area (TPSA) is 56.1 Å². The first-order valence-electron chi connectivity index (χ1n) is 7.69. The van der Waals surface area contributed by atoms with Crippen molar-refractivity contribution < 1.29 is 4.79 Å². The van der Waals surface area contributed by atoms with Crippen molar-refractivity contribution in [3.05, 3.63) is 29.8 Å². The summed E-state index contributed by atoms with van der Waals surface area (Å²) in [5.41, 5.74) is 1.10. The van der Waals surface area contributed by atoms with E-state index in [9.17, 15) is 4.79 Å². The van der Waals surface area contributed by atoms with Crippen LogP contribution in [0.5, 0.6) is 0 Å². The minimum atomic E-state index is -0.176. The molecule has 2 atom stereocenters. The Bertz CT molecular complexity index is 535. The zero-order chi connectivity index (χ0) is 15.2. The third-order valence-corrected chi connectivity index (χ3v) is 4.29. The maximum atomic E-state index is 12.5. The van der Waals surface area contributed by atoms with Crippen LogP contribution in [-0.4, -0.2) is 29.4 Å². The quantitative estimate of drug-likeness (QED) is 0.928. The third-order valence-electron chi connectivity index (χ3n) is 4.29. The molecule has 1 aromatic rings. The van der Waals surface area contributed by atoms with E-state index < -0.39 is 0 Å². The van der Waals surface area contributed by atoms with Gasteiger partial charge >= 0.3 is 0 Å². The van der Waals surface area contributed by atoms with Crippen molar-refractivity contribution in [1.29, 1.82) is 5.26 Å². The number of carbonyl (C=O) groups excluding carboxylic acids is 1. The molecule has 4 heteroatoms. The van der Waals surface area contributed by atoms with Gasteiger partial charge in [-0.2, -0.15) is 5.26 Å². The fraction of sp³-hybridized carbons (Fsp3) is 0.529. The lowest BCUT2D eigenvalue weighted by atomic mass is 10.1. The van der Waals surface area contributed by atoms with E-state index in [1.165, 1.54) is 12.8 Å². The zero-order valence-corrected chi connectivity index (χ0v) is 12.8. The Morgan fingerprint density at radius 1 is 1.38 bits per heavy atom. The fourth-order valence-electron chi connectivity index (χ4n) is 2.95. The SMILES string of the molecule is CC1CCCCCN1C(C)C(=O)Nc1ccccc1C#N. The summed E-state index contributed by atoms with van der Waals surface area (Å²) >= 11 is 0. The molecule has 2 unspecified atom stereocenters. The predicted molar refractivity (Wildman–Crippen MR) is 83.9 cm³/mol. The third kappa shape index (κ3) is 3.83. The number of nitriles is 1. The Kier molecular flexibility index (Phi) is 5.35. The molecule has 0 saturated carbocycles. The number of para-hydroxylation sites is 1. The first-order valence-corrected chi connectivity index (χ1v) is 7.69. The van der Waals surface area contributed by atoms with E-state index in [0.29, 0.717) is 17.3 Å². The highest BCUT2D eigenvalue weighted by Crippen LogP contribution is 2.20. The fourth-order valence-corrected chi connectivity index (χ4v) is 2.95. The Labute approximate surface area is 126 Å². The van der Waals surface area contributed by atoms with Gasteiger partial charge in [0.15, 0.2) is 0 Å². The number of benzene rings is 1. The van der Waals surface area contributed by atoms with Gasteiger partial charge in [0.2, 0.25) is 5.91 Å². The molecule has 1 aliphatic rings. The summed E-state index contributed by atoms with van der Waals surface area (Å²) in [4.78, 5) is 14.8. The number of carbonyl (C=O) groups is 1. The van der Waals surface area contributed by atoms with Crippen LogP contribution in [0.25, 0.3) is 0 Å². The molecule has 112 valence electrons. The highest BCUT2D eigenvalue weighted by atomic mass is 16.2. The summed E-state index contributed by atoms with van der Waals surface area (Å²) in [6.07, 6.45) is 4.78. The summed E-state index contributed by atoms with van der Waals surface area (Å²) < 4.78 is 0. The zero-order valence-electron chi connectivity index (χ0n) is 12.8. The van der Waals surface area contributed by atoms with Gasteiger partial charge in [-0.3, -0.25) is 9.69 Å². The van der Waals surface area contributed by atoms with Gasteiger partial charge in [0.25, 0.3) is 0 Å². The number of nitrogens with zero attached hydrogens (tertiary/aromatic N) is 2. The molecule has 0 aromatic heterocycles. The lowest BCUT2D eigenvalue weighted by Crippen LogP contribution is -2.46. The van der Waals surface area contributed by atoms with E-state index in [-0.39, 0.29) is 11.9 Å². The minimum absolute atomic E-state index is 0.0357. The minimum Gasteiger partial charge on any atom is -0.324 e. The van der Waals surface area contributed by atoms with Gasteiger partial charge in [0.1, 0.15) is 6.07 Å². The van der Waals surface area contributed by atoms with Crippen LogP contribution in [0.4, 0.5) is 5.69 Å². The van der Waals surface area contributed by atoms with Crippen LogP contribution in [0.3, 0.4) is 0 Å². The molecule has 2 rings (SSSR count). The lowest BCUT2D eigenvalue weighted by Gasteiger charge is -2.32. The monoisotopic (exact) mass is 285 g/mol. The molecule has 1 aliphatic heterocycles. The number of hydrogen-bond acceptors (Lipinski definition) is 3. The highest BCUT2D eigenvalue weighted by molar-refractivity contribution is 5.95. The second-order valence-electron chi connectivity index (χ2n) is 5.76. The number of likely N-dealkylation sites (tertiary alicyclic amines) is 1. The number of nitrogens with one attached hydrogen (secondary N) is 1. The summed E-state index contributed by atoms with van der Waals surface area (Å²) in [5, 5.41) is 12.0. The van der Waals surface area contributed by atoms with Gasteiger partial charge in [-0.1, -0.05) is 25.0 Å². The lowest BCUT2D eigenvalue weighted by molar-refractivity contribution is -0.121. The molecule has 0 spiro atoms. The smallest absolute Gasteiger partial charge is 0.241 e. The second-order valence-corrected chi connectivity index (χ2v) is 5.76. The van der Waals surface area contributed by atoms with E-state index >= 15 is 0 Å². The maximum absolute atomic E-state index is 12.5. The largest absolute Gasteiger partial charge is 0.324 e. The molecule has 1 amide bonds. The van der Waals surface area contributed by atoms with Gasteiger partial charge < -0.3 is 5.32 Å². The average molecular weight is 285 g/mol. The Morgan fingerprint density at radius 2 is 2.14 bits per heavy atom. The van der Waals surface area contributed by atoms with E-state index in [4.69, 9.17) is 5.26 Å². The van der Waals surface area contributed by atoms with Crippen molar-refractivity contribution in [2.24, 2.45) is 0 Å².